The minimum atomic E-state index is -0.0631. The highest BCUT2D eigenvalue weighted by atomic mass is 16.1. The topological polar surface area (TPSA) is 79.5 Å². The van der Waals surface area contributed by atoms with E-state index in [1.165, 1.54) is 12.5 Å². The van der Waals surface area contributed by atoms with Crippen LogP contribution in [0.4, 0.5) is 5.69 Å². The summed E-state index contributed by atoms with van der Waals surface area (Å²) in [6, 6.07) is 8.03. The molecule has 98 valence electrons. The summed E-state index contributed by atoms with van der Waals surface area (Å²) in [5, 5.41) is 5.65. The van der Waals surface area contributed by atoms with Crippen molar-refractivity contribution >= 4 is 17.6 Å². The molecule has 5 nitrogen and oxygen atoms in total. The van der Waals surface area contributed by atoms with E-state index in [0.29, 0.717) is 19.0 Å². The lowest BCUT2D eigenvalue weighted by atomic mass is 10.1. The van der Waals surface area contributed by atoms with Gasteiger partial charge in [0.25, 0.3) is 0 Å². The van der Waals surface area contributed by atoms with E-state index in [4.69, 9.17) is 5.73 Å². The van der Waals surface area contributed by atoms with Crippen molar-refractivity contribution in [3.8, 4) is 0 Å². The molecule has 0 saturated carbocycles. The first-order valence-corrected chi connectivity index (χ1v) is 6.02. The molecule has 0 fully saturated rings. The molecule has 1 rings (SSSR count). The van der Waals surface area contributed by atoms with Gasteiger partial charge in [-0.1, -0.05) is 19.1 Å². The first kappa shape index (κ1) is 14.0. The van der Waals surface area contributed by atoms with Gasteiger partial charge in [0.15, 0.2) is 5.96 Å². The Hall–Kier alpha value is -2.04. The Bertz CT molecular complexity index is 412. The predicted octanol–water partition coefficient (Wildman–Crippen LogP) is 1.11. The molecule has 0 aliphatic heterocycles. The zero-order valence-electron chi connectivity index (χ0n) is 10.9. The quantitative estimate of drug-likeness (QED) is 0.415. The minimum absolute atomic E-state index is 0.0631. The summed E-state index contributed by atoms with van der Waals surface area (Å²) >= 11 is 0. The van der Waals surface area contributed by atoms with Crippen molar-refractivity contribution in [2.24, 2.45) is 10.7 Å². The Kier molecular flexibility index (Phi) is 5.70. The number of anilines is 1. The molecule has 0 aliphatic rings. The van der Waals surface area contributed by atoms with Crippen LogP contribution in [0.1, 0.15) is 19.4 Å². The van der Waals surface area contributed by atoms with Gasteiger partial charge >= 0.3 is 0 Å². The number of nitrogens with one attached hydrogen (secondary N) is 2. The zero-order valence-corrected chi connectivity index (χ0v) is 10.9. The van der Waals surface area contributed by atoms with Gasteiger partial charge < -0.3 is 16.4 Å². The van der Waals surface area contributed by atoms with Crippen molar-refractivity contribution < 1.29 is 4.79 Å². The molecule has 5 heteroatoms. The van der Waals surface area contributed by atoms with Gasteiger partial charge in [-0.05, 0) is 24.1 Å². The number of aryl methyl sites for hydroxylation is 1. The van der Waals surface area contributed by atoms with Crippen LogP contribution >= 0.6 is 0 Å². The normalized spacial score (nSPS) is 11.1. The van der Waals surface area contributed by atoms with Crippen molar-refractivity contribution in [2.75, 3.05) is 18.4 Å². The van der Waals surface area contributed by atoms with Gasteiger partial charge in [-0.25, -0.2) is 0 Å². The molecule has 0 unspecified atom stereocenters. The lowest BCUT2D eigenvalue weighted by molar-refractivity contribution is -0.118. The average Bonchev–Trinajstić information content (AvgIpc) is 2.35. The van der Waals surface area contributed by atoms with Crippen molar-refractivity contribution in [3.63, 3.8) is 0 Å². The SMILES string of the molecule is CCc1ccc(NC(N)=NCCNC(C)=O)cc1. The maximum Gasteiger partial charge on any atom is 0.216 e. The molecular formula is C13H20N4O. The third-order valence-corrected chi connectivity index (χ3v) is 2.40. The van der Waals surface area contributed by atoms with Crippen LogP contribution in [-0.4, -0.2) is 25.0 Å². The third kappa shape index (κ3) is 5.34. The molecular weight excluding hydrogens is 228 g/mol. The molecule has 0 atom stereocenters. The highest BCUT2D eigenvalue weighted by Crippen LogP contribution is 2.09. The Morgan fingerprint density at radius 3 is 2.56 bits per heavy atom. The molecule has 1 aromatic carbocycles. The predicted molar refractivity (Wildman–Crippen MR) is 74.6 cm³/mol. The Morgan fingerprint density at radius 2 is 2.00 bits per heavy atom. The first-order chi connectivity index (χ1) is 8.61. The van der Waals surface area contributed by atoms with Crippen LogP contribution in [0.25, 0.3) is 0 Å². The summed E-state index contributed by atoms with van der Waals surface area (Å²) in [6.45, 7) is 4.54. The number of nitrogens with two attached hydrogens (primary N) is 1. The largest absolute Gasteiger partial charge is 0.370 e. The van der Waals surface area contributed by atoms with Gasteiger partial charge in [0.2, 0.25) is 5.91 Å². The summed E-state index contributed by atoms with van der Waals surface area (Å²) in [7, 11) is 0. The van der Waals surface area contributed by atoms with Crippen molar-refractivity contribution in [3.05, 3.63) is 29.8 Å². The number of rotatable bonds is 5. The summed E-state index contributed by atoms with van der Waals surface area (Å²) in [4.78, 5) is 14.7. The van der Waals surface area contributed by atoms with Crippen molar-refractivity contribution in [1.29, 1.82) is 0 Å². The second-order valence-electron chi connectivity index (χ2n) is 3.93. The summed E-state index contributed by atoms with van der Waals surface area (Å²) in [5.74, 6) is 0.288. The fraction of sp³-hybridized carbons (Fsp3) is 0.385. The van der Waals surface area contributed by atoms with Crippen LogP contribution in [-0.2, 0) is 11.2 Å². The maximum atomic E-state index is 10.6. The molecule has 0 radical (unpaired) electrons. The number of aliphatic imine (C=N–C) groups is 1. The number of hydrogen-bond donors (Lipinski definition) is 3. The lowest BCUT2D eigenvalue weighted by Crippen LogP contribution is -2.26. The smallest absolute Gasteiger partial charge is 0.216 e. The van der Waals surface area contributed by atoms with Gasteiger partial charge in [-0.3, -0.25) is 9.79 Å². The fourth-order valence-corrected chi connectivity index (χ4v) is 1.42. The molecule has 0 spiro atoms. The monoisotopic (exact) mass is 248 g/mol. The Labute approximate surface area is 107 Å². The van der Waals surface area contributed by atoms with Gasteiger partial charge in [0.05, 0.1) is 6.54 Å². The fourth-order valence-electron chi connectivity index (χ4n) is 1.42. The zero-order chi connectivity index (χ0) is 13.4. The van der Waals surface area contributed by atoms with Gasteiger partial charge in [0.1, 0.15) is 0 Å². The van der Waals surface area contributed by atoms with Crippen LogP contribution in [0.3, 0.4) is 0 Å². The van der Waals surface area contributed by atoms with Crippen LogP contribution in [0.15, 0.2) is 29.3 Å². The van der Waals surface area contributed by atoms with E-state index >= 15 is 0 Å². The van der Waals surface area contributed by atoms with E-state index in [1.54, 1.807) is 0 Å². The summed E-state index contributed by atoms with van der Waals surface area (Å²) < 4.78 is 0. The van der Waals surface area contributed by atoms with E-state index in [2.05, 4.69) is 22.5 Å². The highest BCUT2D eigenvalue weighted by Gasteiger charge is 1.95. The molecule has 1 aromatic rings. The number of guanidine groups is 1. The number of amides is 1. The molecule has 0 heterocycles. The van der Waals surface area contributed by atoms with Crippen molar-refractivity contribution in [1.82, 2.24) is 5.32 Å². The van der Waals surface area contributed by atoms with Gasteiger partial charge in [-0.2, -0.15) is 0 Å². The number of carbonyl (C=O) groups excluding carboxylic acids is 1. The molecule has 0 bridgehead atoms. The molecule has 4 N–H and O–H groups in total. The highest BCUT2D eigenvalue weighted by molar-refractivity contribution is 5.92. The summed E-state index contributed by atoms with van der Waals surface area (Å²) in [5.41, 5.74) is 7.91. The van der Waals surface area contributed by atoms with Gasteiger partial charge in [-0.15, -0.1) is 0 Å². The average molecular weight is 248 g/mol. The second kappa shape index (κ2) is 7.32. The number of carbonyl (C=O) groups is 1. The number of hydrogen-bond acceptors (Lipinski definition) is 2. The van der Waals surface area contributed by atoms with Crippen molar-refractivity contribution in [2.45, 2.75) is 20.3 Å². The second-order valence-corrected chi connectivity index (χ2v) is 3.93. The van der Waals surface area contributed by atoms with Crippen LogP contribution < -0.4 is 16.4 Å². The van der Waals surface area contributed by atoms with E-state index in [1.807, 2.05) is 24.3 Å². The summed E-state index contributed by atoms with van der Waals surface area (Å²) in [6.07, 6.45) is 1.01. The molecule has 0 aromatic heterocycles. The van der Waals surface area contributed by atoms with Crippen LogP contribution in [0, 0.1) is 0 Å². The molecule has 18 heavy (non-hydrogen) atoms. The number of nitrogens with zero attached hydrogens (tertiary/aromatic N) is 1. The standard InChI is InChI=1S/C13H20N4O/c1-3-11-4-6-12(7-5-11)17-13(14)16-9-8-15-10(2)18/h4-7H,3,8-9H2,1-2H3,(H,15,18)(H3,14,16,17). The molecule has 0 saturated heterocycles. The van der Waals surface area contributed by atoms with Gasteiger partial charge in [0, 0.05) is 19.2 Å². The van der Waals surface area contributed by atoms with E-state index in [9.17, 15) is 4.79 Å². The van der Waals surface area contributed by atoms with E-state index in [-0.39, 0.29) is 5.91 Å². The third-order valence-electron chi connectivity index (χ3n) is 2.40. The molecule has 0 aliphatic carbocycles. The van der Waals surface area contributed by atoms with Crippen LogP contribution in [0.2, 0.25) is 0 Å². The first-order valence-electron chi connectivity index (χ1n) is 6.02. The number of benzene rings is 1. The minimum Gasteiger partial charge on any atom is -0.370 e. The lowest BCUT2D eigenvalue weighted by Gasteiger charge is -2.06. The Balaban J connectivity index is 2.40. The van der Waals surface area contributed by atoms with E-state index < -0.39 is 0 Å². The van der Waals surface area contributed by atoms with E-state index in [0.717, 1.165) is 12.1 Å². The maximum absolute atomic E-state index is 10.6. The molecule has 1 amide bonds. The Morgan fingerprint density at radius 1 is 1.33 bits per heavy atom. The van der Waals surface area contributed by atoms with Crippen LogP contribution in [0.5, 0.6) is 0 Å².